The number of methoxy groups -OCH3 is 1. The number of carbonyl (C=O) groups is 1. The van der Waals surface area contributed by atoms with E-state index in [1.54, 1.807) is 20.1 Å². The molecule has 3 rings (SSSR count). The summed E-state index contributed by atoms with van der Waals surface area (Å²) in [6, 6.07) is 14.2. The van der Waals surface area contributed by atoms with Gasteiger partial charge >= 0.3 is 5.97 Å². The molecule has 2 aromatic rings. The van der Waals surface area contributed by atoms with Crippen LogP contribution in [0, 0.1) is 0 Å². The first kappa shape index (κ1) is 24.8. The lowest BCUT2D eigenvalue weighted by Crippen LogP contribution is -2.22. The highest BCUT2D eigenvalue weighted by atomic mass is 16.5. The Hall–Kier alpha value is -2.83. The molecule has 0 aliphatic carbocycles. The zero-order valence-electron chi connectivity index (χ0n) is 19.9. The number of hydrogen-bond donors (Lipinski definition) is 1. The Labute approximate surface area is 196 Å². The maximum absolute atomic E-state index is 11.5. The second kappa shape index (κ2) is 12.4. The minimum absolute atomic E-state index is 0.201. The fraction of sp³-hybridized carbons (Fsp3) is 0.444. The molecule has 1 aliphatic heterocycles. The van der Waals surface area contributed by atoms with E-state index < -0.39 is 5.97 Å². The first-order valence-corrected chi connectivity index (χ1v) is 11.7. The third-order valence-corrected chi connectivity index (χ3v) is 5.88. The molecule has 2 aromatic carbocycles. The van der Waals surface area contributed by atoms with Crippen LogP contribution in [0.2, 0.25) is 0 Å². The molecule has 0 bridgehead atoms. The number of benzene rings is 2. The highest BCUT2D eigenvalue weighted by Gasteiger charge is 2.24. The third-order valence-electron chi connectivity index (χ3n) is 5.88. The monoisotopic (exact) mass is 453 g/mol. The lowest BCUT2D eigenvalue weighted by Gasteiger charge is -2.22. The van der Waals surface area contributed by atoms with Crippen LogP contribution in [-0.2, 0) is 14.3 Å². The van der Waals surface area contributed by atoms with Crippen LogP contribution in [0.3, 0.4) is 0 Å². The molecule has 1 aliphatic rings. The lowest BCUT2D eigenvalue weighted by atomic mass is 10.00. The van der Waals surface area contributed by atoms with Gasteiger partial charge in [-0.2, -0.15) is 0 Å². The van der Waals surface area contributed by atoms with E-state index in [-0.39, 0.29) is 6.10 Å². The smallest absolute Gasteiger partial charge is 0.331 e. The SMILES string of the molecule is CCCCOCCOc1ccc(-c2ccc(N3CCC(OC)C3)c(C=C(C)C(=O)O)c2)cc1. The van der Waals surface area contributed by atoms with Crippen LogP contribution in [0.25, 0.3) is 17.2 Å². The first-order valence-electron chi connectivity index (χ1n) is 11.7. The minimum Gasteiger partial charge on any atom is -0.491 e. The summed E-state index contributed by atoms with van der Waals surface area (Å²) in [4.78, 5) is 13.7. The summed E-state index contributed by atoms with van der Waals surface area (Å²) < 4.78 is 16.8. The Bertz CT molecular complexity index is 938. The van der Waals surface area contributed by atoms with Gasteiger partial charge < -0.3 is 24.2 Å². The number of ether oxygens (including phenoxy) is 3. The van der Waals surface area contributed by atoms with E-state index in [4.69, 9.17) is 14.2 Å². The molecule has 33 heavy (non-hydrogen) atoms. The van der Waals surface area contributed by atoms with Crippen LogP contribution >= 0.6 is 0 Å². The zero-order valence-corrected chi connectivity index (χ0v) is 19.9. The van der Waals surface area contributed by atoms with Crippen LogP contribution in [0.1, 0.15) is 38.7 Å². The van der Waals surface area contributed by atoms with Crippen molar-refractivity contribution in [2.75, 3.05) is 44.9 Å². The third kappa shape index (κ3) is 7.07. The number of rotatable bonds is 12. The molecule has 0 amide bonds. The Kier molecular flexibility index (Phi) is 9.34. The lowest BCUT2D eigenvalue weighted by molar-refractivity contribution is -0.132. The van der Waals surface area contributed by atoms with Gasteiger partial charge in [-0.05, 0) is 66.8 Å². The van der Waals surface area contributed by atoms with Crippen molar-refractivity contribution in [2.24, 2.45) is 0 Å². The van der Waals surface area contributed by atoms with Crippen LogP contribution in [0.5, 0.6) is 5.75 Å². The average molecular weight is 454 g/mol. The fourth-order valence-electron chi connectivity index (χ4n) is 3.88. The highest BCUT2D eigenvalue weighted by Crippen LogP contribution is 2.32. The quantitative estimate of drug-likeness (QED) is 0.349. The molecule has 0 radical (unpaired) electrons. The number of carboxylic acid groups (broad SMARTS) is 1. The maximum Gasteiger partial charge on any atom is 0.331 e. The summed E-state index contributed by atoms with van der Waals surface area (Å²) in [5.41, 5.74) is 4.31. The number of anilines is 1. The van der Waals surface area contributed by atoms with Gasteiger partial charge in [-0.1, -0.05) is 31.5 Å². The van der Waals surface area contributed by atoms with E-state index in [0.717, 1.165) is 67.1 Å². The van der Waals surface area contributed by atoms with E-state index >= 15 is 0 Å². The van der Waals surface area contributed by atoms with E-state index in [9.17, 15) is 9.90 Å². The number of unbranched alkanes of at least 4 members (excludes halogenated alkanes) is 1. The largest absolute Gasteiger partial charge is 0.491 e. The van der Waals surface area contributed by atoms with Gasteiger partial charge in [0.05, 0.1) is 12.7 Å². The molecule has 6 heteroatoms. The van der Waals surface area contributed by atoms with Crippen molar-refractivity contribution >= 4 is 17.7 Å². The van der Waals surface area contributed by atoms with Crippen molar-refractivity contribution in [3.63, 3.8) is 0 Å². The Morgan fingerprint density at radius 2 is 1.88 bits per heavy atom. The van der Waals surface area contributed by atoms with Crippen LogP contribution in [-0.4, -0.2) is 57.2 Å². The van der Waals surface area contributed by atoms with Crippen molar-refractivity contribution in [3.8, 4) is 16.9 Å². The normalized spacial score (nSPS) is 16.3. The predicted molar refractivity (Wildman–Crippen MR) is 132 cm³/mol. The molecular weight excluding hydrogens is 418 g/mol. The number of aliphatic carboxylic acids is 1. The van der Waals surface area contributed by atoms with Crippen molar-refractivity contribution < 1.29 is 24.1 Å². The van der Waals surface area contributed by atoms with E-state index in [2.05, 4.69) is 30.0 Å². The van der Waals surface area contributed by atoms with Gasteiger partial charge in [-0.3, -0.25) is 0 Å². The topological polar surface area (TPSA) is 68.2 Å². The summed E-state index contributed by atoms with van der Waals surface area (Å²) in [6.45, 7) is 7.34. The summed E-state index contributed by atoms with van der Waals surface area (Å²) in [6.07, 6.45) is 5.11. The fourth-order valence-corrected chi connectivity index (χ4v) is 3.88. The van der Waals surface area contributed by atoms with Gasteiger partial charge in [0.2, 0.25) is 0 Å². The molecule has 1 atom stereocenters. The van der Waals surface area contributed by atoms with Crippen LogP contribution < -0.4 is 9.64 Å². The molecule has 1 N–H and O–H groups in total. The molecule has 1 unspecified atom stereocenters. The Morgan fingerprint density at radius 1 is 1.12 bits per heavy atom. The van der Waals surface area contributed by atoms with Crippen molar-refractivity contribution in [3.05, 3.63) is 53.6 Å². The van der Waals surface area contributed by atoms with Crippen molar-refractivity contribution in [1.82, 2.24) is 0 Å². The van der Waals surface area contributed by atoms with Gasteiger partial charge in [0.1, 0.15) is 12.4 Å². The first-order chi connectivity index (χ1) is 16.0. The molecule has 0 spiro atoms. The van der Waals surface area contributed by atoms with Gasteiger partial charge in [0, 0.05) is 38.1 Å². The van der Waals surface area contributed by atoms with E-state index in [0.29, 0.717) is 18.8 Å². The molecule has 0 aromatic heterocycles. The van der Waals surface area contributed by atoms with Gasteiger partial charge in [-0.15, -0.1) is 0 Å². The molecule has 6 nitrogen and oxygen atoms in total. The van der Waals surface area contributed by atoms with Gasteiger partial charge in [0.15, 0.2) is 0 Å². The molecule has 1 saturated heterocycles. The molecule has 1 fully saturated rings. The second-order valence-corrected chi connectivity index (χ2v) is 8.34. The molecule has 1 heterocycles. The second-order valence-electron chi connectivity index (χ2n) is 8.34. The van der Waals surface area contributed by atoms with E-state index in [1.165, 1.54) is 0 Å². The number of nitrogens with zero attached hydrogens (tertiary/aromatic N) is 1. The summed E-state index contributed by atoms with van der Waals surface area (Å²) in [5, 5.41) is 9.40. The van der Waals surface area contributed by atoms with Gasteiger partial charge in [0.25, 0.3) is 0 Å². The number of carboxylic acids is 1. The molecule has 0 saturated carbocycles. The summed E-state index contributed by atoms with van der Waals surface area (Å²) >= 11 is 0. The Balaban J connectivity index is 1.75. The summed E-state index contributed by atoms with van der Waals surface area (Å²) in [5.74, 6) is -0.110. The highest BCUT2D eigenvalue weighted by molar-refractivity contribution is 5.93. The van der Waals surface area contributed by atoms with Crippen molar-refractivity contribution in [2.45, 2.75) is 39.2 Å². The van der Waals surface area contributed by atoms with Gasteiger partial charge in [-0.25, -0.2) is 4.79 Å². The predicted octanol–water partition coefficient (Wildman–Crippen LogP) is 5.26. The van der Waals surface area contributed by atoms with Crippen LogP contribution in [0.4, 0.5) is 5.69 Å². The number of hydrogen-bond acceptors (Lipinski definition) is 5. The van der Waals surface area contributed by atoms with E-state index in [1.807, 2.05) is 24.3 Å². The van der Waals surface area contributed by atoms with Crippen molar-refractivity contribution in [1.29, 1.82) is 0 Å². The maximum atomic E-state index is 11.5. The zero-order chi connectivity index (χ0) is 23.6. The molecular formula is C27H35NO5. The average Bonchev–Trinajstić information content (AvgIpc) is 3.31. The van der Waals surface area contributed by atoms with Crippen LogP contribution in [0.15, 0.2) is 48.0 Å². The minimum atomic E-state index is -0.914. The molecule has 178 valence electrons. The standard InChI is InChI=1S/C27H35NO5/c1-4-5-14-32-15-16-33-24-9-6-21(7-10-24)22-8-11-26(28-13-12-25(19-28)31-3)23(18-22)17-20(2)27(29)30/h6-11,17-18,25H,4-5,12-16,19H2,1-3H3,(H,29,30). The Morgan fingerprint density at radius 3 is 2.55 bits per heavy atom. The summed E-state index contributed by atoms with van der Waals surface area (Å²) in [7, 11) is 1.74.